The van der Waals surface area contributed by atoms with E-state index in [1.165, 1.54) is 89.9 Å². The minimum Gasteiger partial charge on any atom is -0.483 e. The van der Waals surface area contributed by atoms with E-state index >= 15 is 0 Å². The molecule has 0 bridgehead atoms. The minimum absolute atomic E-state index is 0.250. The number of carboxylic acid groups (broad SMARTS) is 1. The van der Waals surface area contributed by atoms with E-state index in [2.05, 4.69) is 24.4 Å². The Labute approximate surface area is 156 Å². The number of unbranched alkanes of at least 4 members (excludes halogenated alkanes) is 12. The molecule has 0 aliphatic carbocycles. The lowest BCUT2D eigenvalue weighted by Gasteiger charge is -2.03. The molecule has 0 heterocycles. The van der Waals surface area contributed by atoms with E-state index in [0.717, 1.165) is 19.6 Å². The zero-order valence-electron chi connectivity index (χ0n) is 16.7. The Balaban J connectivity index is 0. The summed E-state index contributed by atoms with van der Waals surface area (Å²) < 4.78 is 0. The van der Waals surface area contributed by atoms with Gasteiger partial charge in [-0.05, 0) is 38.6 Å². The van der Waals surface area contributed by atoms with Crippen LogP contribution in [0.4, 0.5) is 0 Å². The van der Waals surface area contributed by atoms with Gasteiger partial charge >= 0.3 is 0 Å². The van der Waals surface area contributed by atoms with Crippen LogP contribution in [-0.4, -0.2) is 31.2 Å². The van der Waals surface area contributed by atoms with E-state index in [0.29, 0.717) is 0 Å². The predicted octanol–water partition coefficient (Wildman–Crippen LogP) is 5.27. The molecule has 0 saturated heterocycles. The van der Waals surface area contributed by atoms with E-state index in [1.807, 2.05) is 0 Å². The van der Waals surface area contributed by atoms with Crippen LogP contribution in [0.5, 0.6) is 0 Å². The third-order valence-electron chi connectivity index (χ3n) is 4.19. The van der Waals surface area contributed by atoms with Crippen molar-refractivity contribution in [2.24, 2.45) is 5.73 Å². The van der Waals surface area contributed by atoms with Gasteiger partial charge < -0.3 is 16.2 Å². The number of hydrogen-bond acceptors (Lipinski definition) is 3. The fourth-order valence-electron chi connectivity index (χ4n) is 2.72. The highest BCUT2D eigenvalue weighted by Crippen LogP contribution is 2.09. The van der Waals surface area contributed by atoms with Crippen molar-refractivity contribution >= 4 is 6.47 Å². The van der Waals surface area contributed by atoms with Crippen molar-refractivity contribution in [2.45, 2.75) is 96.8 Å². The molecule has 0 atom stereocenters. The molecule has 0 aliphatic heterocycles. The van der Waals surface area contributed by atoms with Crippen LogP contribution in [0, 0.1) is 0 Å². The summed E-state index contributed by atoms with van der Waals surface area (Å²) in [7, 11) is 0. The summed E-state index contributed by atoms with van der Waals surface area (Å²) >= 11 is 0. The van der Waals surface area contributed by atoms with Gasteiger partial charge in [0.05, 0.1) is 0 Å². The molecule has 25 heavy (non-hydrogen) atoms. The fraction of sp³-hybridized carbons (Fsp3) is 0.857. The molecule has 0 aromatic carbocycles. The first-order valence-electron chi connectivity index (χ1n) is 10.5. The van der Waals surface area contributed by atoms with Crippen molar-refractivity contribution < 1.29 is 9.90 Å². The molecule has 0 saturated carbocycles. The maximum Gasteiger partial charge on any atom is 0.290 e. The molecular weight excluding hydrogens is 312 g/mol. The van der Waals surface area contributed by atoms with Crippen LogP contribution in [0.2, 0.25) is 0 Å². The highest BCUT2D eigenvalue weighted by Gasteiger charge is 1.91. The van der Waals surface area contributed by atoms with Gasteiger partial charge in [-0.3, -0.25) is 4.79 Å². The van der Waals surface area contributed by atoms with Crippen molar-refractivity contribution in [3.05, 3.63) is 12.2 Å². The van der Waals surface area contributed by atoms with Crippen LogP contribution in [0.15, 0.2) is 12.2 Å². The van der Waals surface area contributed by atoms with Crippen LogP contribution >= 0.6 is 0 Å². The lowest BCUT2D eigenvalue weighted by atomic mass is 10.1. The van der Waals surface area contributed by atoms with Crippen LogP contribution in [0.25, 0.3) is 0 Å². The van der Waals surface area contributed by atoms with Gasteiger partial charge in [0, 0.05) is 13.1 Å². The third-order valence-corrected chi connectivity index (χ3v) is 4.19. The second-order valence-corrected chi connectivity index (χ2v) is 6.58. The van der Waals surface area contributed by atoms with Crippen molar-refractivity contribution in [2.75, 3.05) is 19.6 Å². The lowest BCUT2D eigenvalue weighted by molar-refractivity contribution is -0.122. The number of nitrogens with two attached hydrogens (primary N) is 1. The largest absolute Gasteiger partial charge is 0.483 e. The molecule has 0 aliphatic rings. The Morgan fingerprint density at radius 1 is 0.760 bits per heavy atom. The maximum atomic E-state index is 8.36. The smallest absolute Gasteiger partial charge is 0.290 e. The Bertz CT molecular complexity index is 258. The van der Waals surface area contributed by atoms with E-state index in [9.17, 15) is 0 Å². The molecule has 150 valence electrons. The average molecular weight is 357 g/mol. The van der Waals surface area contributed by atoms with Crippen molar-refractivity contribution in [1.29, 1.82) is 0 Å². The first kappa shape index (κ1) is 26.4. The molecule has 0 fully saturated rings. The van der Waals surface area contributed by atoms with Gasteiger partial charge in [-0.1, -0.05) is 76.9 Å². The minimum atomic E-state index is -0.250. The van der Waals surface area contributed by atoms with Crippen LogP contribution in [0.1, 0.15) is 96.8 Å². The number of carbonyl (C=O) groups is 1. The molecule has 4 heteroatoms. The quantitative estimate of drug-likeness (QED) is 0.178. The van der Waals surface area contributed by atoms with Crippen molar-refractivity contribution in [1.82, 2.24) is 5.32 Å². The molecule has 0 radical (unpaired) electrons. The van der Waals surface area contributed by atoms with Gasteiger partial charge in [0.15, 0.2) is 0 Å². The molecule has 0 amide bonds. The van der Waals surface area contributed by atoms with Crippen LogP contribution in [0.3, 0.4) is 0 Å². The van der Waals surface area contributed by atoms with Gasteiger partial charge in [-0.15, -0.1) is 0 Å². The Hall–Kier alpha value is -0.870. The second kappa shape index (κ2) is 28.0. The predicted molar refractivity (Wildman–Crippen MR) is 110 cm³/mol. The summed E-state index contributed by atoms with van der Waals surface area (Å²) in [5.41, 5.74) is 5.43. The zero-order valence-corrected chi connectivity index (χ0v) is 16.7. The van der Waals surface area contributed by atoms with E-state index < -0.39 is 0 Å². The maximum absolute atomic E-state index is 8.36. The number of rotatable bonds is 18. The normalized spacial score (nSPS) is 10.6. The highest BCUT2D eigenvalue weighted by molar-refractivity contribution is 5.32. The number of hydrogen-bond donors (Lipinski definition) is 3. The Morgan fingerprint density at radius 2 is 1.20 bits per heavy atom. The molecule has 0 rings (SSSR count). The third kappa shape index (κ3) is 31.4. The fourth-order valence-corrected chi connectivity index (χ4v) is 2.72. The van der Waals surface area contributed by atoms with Crippen molar-refractivity contribution in [3.63, 3.8) is 0 Å². The SMILES string of the molecule is CCCCCCCC/C=C\CCCCCCCCNCCN.O=CO. The van der Waals surface area contributed by atoms with E-state index in [1.54, 1.807) is 0 Å². The summed E-state index contributed by atoms with van der Waals surface area (Å²) in [6.45, 7) is 4.89. The number of nitrogens with one attached hydrogen (secondary N) is 1. The number of allylic oxidation sites excluding steroid dienone is 2. The standard InChI is InChI=1S/C20H42N2.CH2O2/c1-2-3-4-5-6-7-8-9-10-11-12-13-14-15-16-17-19-22-20-18-21;2-1-3/h9-10,22H,2-8,11-21H2,1H3;1H,(H,2,3)/b10-9-;. The lowest BCUT2D eigenvalue weighted by Crippen LogP contribution is -2.23. The van der Waals surface area contributed by atoms with Crippen LogP contribution in [-0.2, 0) is 4.79 Å². The van der Waals surface area contributed by atoms with Gasteiger partial charge in [0.1, 0.15) is 0 Å². The van der Waals surface area contributed by atoms with Gasteiger partial charge in [-0.25, -0.2) is 0 Å². The van der Waals surface area contributed by atoms with Crippen molar-refractivity contribution in [3.8, 4) is 0 Å². The molecule has 0 unspecified atom stereocenters. The van der Waals surface area contributed by atoms with E-state index in [-0.39, 0.29) is 6.47 Å². The highest BCUT2D eigenvalue weighted by atomic mass is 16.3. The Kier molecular flexibility index (Phi) is 29.5. The molecule has 0 aromatic rings. The topological polar surface area (TPSA) is 75.3 Å². The summed E-state index contributed by atoms with van der Waals surface area (Å²) in [6, 6.07) is 0. The first-order chi connectivity index (χ1) is 12.3. The molecule has 0 aromatic heterocycles. The summed E-state index contributed by atoms with van der Waals surface area (Å²) in [4.78, 5) is 8.36. The van der Waals surface area contributed by atoms with E-state index in [4.69, 9.17) is 15.6 Å². The summed E-state index contributed by atoms with van der Waals surface area (Å²) in [6.07, 6.45) is 24.1. The van der Waals surface area contributed by atoms with Gasteiger partial charge in [0.25, 0.3) is 6.47 Å². The monoisotopic (exact) mass is 356 g/mol. The summed E-state index contributed by atoms with van der Waals surface area (Å²) in [5, 5.41) is 10.2. The summed E-state index contributed by atoms with van der Waals surface area (Å²) in [5.74, 6) is 0. The average Bonchev–Trinajstić information content (AvgIpc) is 2.61. The Morgan fingerprint density at radius 3 is 1.68 bits per heavy atom. The second-order valence-electron chi connectivity index (χ2n) is 6.58. The van der Waals surface area contributed by atoms with Gasteiger partial charge in [0.2, 0.25) is 0 Å². The first-order valence-corrected chi connectivity index (χ1v) is 10.5. The molecule has 4 nitrogen and oxygen atoms in total. The molecular formula is C21H44N2O2. The van der Waals surface area contributed by atoms with Gasteiger partial charge in [-0.2, -0.15) is 0 Å². The molecule has 0 spiro atoms. The zero-order chi connectivity index (χ0) is 18.8. The molecule has 4 N–H and O–H groups in total. The van der Waals surface area contributed by atoms with Crippen LogP contribution < -0.4 is 11.1 Å².